The molecule has 3 aromatic rings. The van der Waals surface area contributed by atoms with Crippen molar-refractivity contribution in [3.63, 3.8) is 0 Å². The molecule has 0 amide bonds. The zero-order valence-electron chi connectivity index (χ0n) is 20.9. The number of rotatable bonds is 4. The molecule has 0 spiro atoms. The molecule has 0 unspecified atom stereocenters. The lowest BCUT2D eigenvalue weighted by atomic mass is 9.76. The zero-order chi connectivity index (χ0) is 23.0. The Labute approximate surface area is 207 Å². The van der Waals surface area contributed by atoms with Crippen LogP contribution in [0.2, 0.25) is 0 Å². The second kappa shape index (κ2) is 11.8. The lowest BCUT2D eigenvalue weighted by Gasteiger charge is -2.29. The third-order valence-electron chi connectivity index (χ3n) is 8.32. The lowest BCUT2D eigenvalue weighted by Crippen LogP contribution is -2.11. The molecule has 0 bridgehead atoms. The summed E-state index contributed by atoms with van der Waals surface area (Å²) in [5.41, 5.74) is 8.61. The fourth-order valence-electron chi connectivity index (χ4n) is 6.47. The molecule has 1 heterocycles. The van der Waals surface area contributed by atoms with E-state index < -0.39 is 0 Å². The molecule has 5 rings (SSSR count). The van der Waals surface area contributed by atoms with Gasteiger partial charge in [-0.2, -0.15) is 0 Å². The molecular formula is C33H41N. The van der Waals surface area contributed by atoms with Crippen LogP contribution >= 0.6 is 0 Å². The molecule has 1 heteroatoms. The van der Waals surface area contributed by atoms with Gasteiger partial charge in [0.2, 0.25) is 0 Å². The predicted molar refractivity (Wildman–Crippen MR) is 145 cm³/mol. The van der Waals surface area contributed by atoms with Gasteiger partial charge >= 0.3 is 0 Å². The summed E-state index contributed by atoms with van der Waals surface area (Å²) in [7, 11) is 0. The smallest absolute Gasteiger partial charge is 0.0707 e. The van der Waals surface area contributed by atoms with Gasteiger partial charge in [-0.25, -0.2) is 0 Å². The predicted octanol–water partition coefficient (Wildman–Crippen LogP) is 10.1. The standard InChI is InChI=1S/C33H41N/c1-3-8-18-27(19-9-4-1)30-24-29(26-16-12-7-13-17-26)25-31(28-20-10-5-2-6-11-21-28)33(30)32-22-14-15-23-34-32/h7,12-17,22-25,27-28H,1-6,8-11,18-21H2. The van der Waals surface area contributed by atoms with Gasteiger partial charge in [0.25, 0.3) is 0 Å². The van der Waals surface area contributed by atoms with E-state index in [9.17, 15) is 0 Å². The van der Waals surface area contributed by atoms with E-state index in [-0.39, 0.29) is 0 Å². The van der Waals surface area contributed by atoms with Crippen LogP contribution < -0.4 is 0 Å². The van der Waals surface area contributed by atoms with Crippen molar-refractivity contribution in [1.29, 1.82) is 0 Å². The fourth-order valence-corrected chi connectivity index (χ4v) is 6.47. The SMILES string of the molecule is c1ccc(-c2cc(C3CCCCCCC3)c(-c3ccccn3)c(C3CCCCCCC3)c2)cc1. The van der Waals surface area contributed by atoms with Gasteiger partial charge in [-0.05, 0) is 71.9 Å². The highest BCUT2D eigenvalue weighted by molar-refractivity contribution is 5.76. The third kappa shape index (κ3) is 5.62. The molecular weight excluding hydrogens is 410 g/mol. The summed E-state index contributed by atoms with van der Waals surface area (Å²) < 4.78 is 0. The van der Waals surface area contributed by atoms with Crippen LogP contribution in [0, 0.1) is 0 Å². The van der Waals surface area contributed by atoms with Crippen molar-refractivity contribution in [2.24, 2.45) is 0 Å². The normalized spacial score (nSPS) is 19.1. The quantitative estimate of drug-likeness (QED) is 0.384. The van der Waals surface area contributed by atoms with E-state index in [2.05, 4.69) is 60.7 Å². The van der Waals surface area contributed by atoms with Crippen molar-refractivity contribution >= 4 is 0 Å². The summed E-state index contributed by atoms with van der Waals surface area (Å²) in [4.78, 5) is 4.95. The monoisotopic (exact) mass is 451 g/mol. The molecule has 178 valence electrons. The van der Waals surface area contributed by atoms with Crippen LogP contribution in [-0.2, 0) is 0 Å². The number of hydrogen-bond donors (Lipinski definition) is 0. The Morgan fingerprint density at radius 1 is 0.500 bits per heavy atom. The van der Waals surface area contributed by atoms with Crippen LogP contribution in [0.15, 0.2) is 66.9 Å². The Bertz CT molecular complexity index is 964. The Balaban J connectivity index is 1.69. The van der Waals surface area contributed by atoms with E-state index in [0.717, 1.165) is 0 Å². The second-order valence-electron chi connectivity index (χ2n) is 10.7. The van der Waals surface area contributed by atoms with Gasteiger partial charge in [-0.1, -0.05) is 113 Å². The summed E-state index contributed by atoms with van der Waals surface area (Å²) >= 11 is 0. The second-order valence-corrected chi connectivity index (χ2v) is 10.7. The van der Waals surface area contributed by atoms with E-state index in [1.165, 1.54) is 112 Å². The molecule has 0 radical (unpaired) electrons. The molecule has 2 aromatic carbocycles. The third-order valence-corrected chi connectivity index (χ3v) is 8.32. The van der Waals surface area contributed by atoms with Gasteiger partial charge in [0, 0.05) is 11.8 Å². The van der Waals surface area contributed by atoms with Crippen molar-refractivity contribution < 1.29 is 0 Å². The van der Waals surface area contributed by atoms with Crippen molar-refractivity contribution in [3.05, 3.63) is 78.0 Å². The van der Waals surface area contributed by atoms with Crippen molar-refractivity contribution in [1.82, 2.24) is 4.98 Å². The van der Waals surface area contributed by atoms with Crippen LogP contribution in [0.5, 0.6) is 0 Å². The lowest BCUT2D eigenvalue weighted by molar-refractivity contribution is 0.449. The summed E-state index contributed by atoms with van der Waals surface area (Å²) in [6, 6.07) is 22.7. The Morgan fingerprint density at radius 2 is 1.00 bits per heavy atom. The first kappa shape index (κ1) is 23.3. The van der Waals surface area contributed by atoms with Crippen LogP contribution in [0.3, 0.4) is 0 Å². The molecule has 0 saturated heterocycles. The highest BCUT2D eigenvalue weighted by atomic mass is 14.7. The molecule has 1 aromatic heterocycles. The van der Waals surface area contributed by atoms with Gasteiger partial charge in [-0.15, -0.1) is 0 Å². The van der Waals surface area contributed by atoms with Crippen molar-refractivity contribution in [3.8, 4) is 22.4 Å². The van der Waals surface area contributed by atoms with E-state index in [4.69, 9.17) is 4.98 Å². The topological polar surface area (TPSA) is 12.9 Å². The largest absolute Gasteiger partial charge is 0.256 e. The highest BCUT2D eigenvalue weighted by Crippen LogP contribution is 2.45. The molecule has 1 nitrogen and oxygen atoms in total. The van der Waals surface area contributed by atoms with E-state index >= 15 is 0 Å². The Kier molecular flexibility index (Phi) is 8.12. The van der Waals surface area contributed by atoms with Crippen LogP contribution in [0.4, 0.5) is 0 Å². The first-order valence-corrected chi connectivity index (χ1v) is 14.0. The maximum atomic E-state index is 4.95. The van der Waals surface area contributed by atoms with Crippen LogP contribution in [0.1, 0.15) is 113 Å². The molecule has 0 aliphatic heterocycles. The minimum atomic E-state index is 0.647. The number of hydrogen-bond acceptors (Lipinski definition) is 1. The molecule has 2 aliphatic rings. The zero-order valence-corrected chi connectivity index (χ0v) is 20.9. The summed E-state index contributed by atoms with van der Waals surface area (Å²) in [6.07, 6.45) is 21.1. The molecule has 2 saturated carbocycles. The van der Waals surface area contributed by atoms with Gasteiger partial charge in [0.15, 0.2) is 0 Å². The molecule has 2 fully saturated rings. The number of nitrogens with zero attached hydrogens (tertiary/aromatic N) is 1. The van der Waals surface area contributed by atoms with Crippen LogP contribution in [0.25, 0.3) is 22.4 Å². The van der Waals surface area contributed by atoms with E-state index in [0.29, 0.717) is 11.8 Å². The Hall–Kier alpha value is -2.41. The maximum Gasteiger partial charge on any atom is 0.0707 e. The minimum absolute atomic E-state index is 0.647. The number of pyridine rings is 1. The fraction of sp³-hybridized carbons (Fsp3) is 0.485. The average Bonchev–Trinajstić information content (AvgIpc) is 2.84. The molecule has 0 atom stereocenters. The summed E-state index contributed by atoms with van der Waals surface area (Å²) in [5, 5.41) is 0. The van der Waals surface area contributed by atoms with Gasteiger partial charge < -0.3 is 0 Å². The minimum Gasteiger partial charge on any atom is -0.256 e. The number of benzene rings is 2. The van der Waals surface area contributed by atoms with Crippen molar-refractivity contribution in [2.75, 3.05) is 0 Å². The van der Waals surface area contributed by atoms with Crippen molar-refractivity contribution in [2.45, 2.75) is 102 Å². The maximum absolute atomic E-state index is 4.95. The van der Waals surface area contributed by atoms with Gasteiger partial charge in [0.1, 0.15) is 0 Å². The van der Waals surface area contributed by atoms with Crippen LogP contribution in [-0.4, -0.2) is 4.98 Å². The molecule has 34 heavy (non-hydrogen) atoms. The Morgan fingerprint density at radius 3 is 1.50 bits per heavy atom. The van der Waals surface area contributed by atoms with Gasteiger partial charge in [-0.3, -0.25) is 4.98 Å². The summed E-state index contributed by atoms with van der Waals surface area (Å²) in [5.74, 6) is 1.29. The highest BCUT2D eigenvalue weighted by Gasteiger charge is 2.26. The van der Waals surface area contributed by atoms with E-state index in [1.54, 1.807) is 11.1 Å². The van der Waals surface area contributed by atoms with Gasteiger partial charge in [0.05, 0.1) is 5.69 Å². The first-order valence-electron chi connectivity index (χ1n) is 14.0. The average molecular weight is 452 g/mol. The summed E-state index contributed by atoms with van der Waals surface area (Å²) in [6.45, 7) is 0. The number of aromatic nitrogens is 1. The molecule has 2 aliphatic carbocycles. The van der Waals surface area contributed by atoms with E-state index in [1.807, 2.05) is 6.20 Å². The first-order chi connectivity index (χ1) is 16.9. The molecule has 0 N–H and O–H groups in total.